The number of thioether (sulfide) groups is 1. The van der Waals surface area contributed by atoms with Crippen LogP contribution in [-0.2, 0) is 4.79 Å². The molecule has 0 aliphatic carbocycles. The molecule has 0 fully saturated rings. The largest absolute Gasteiger partial charge is 0.330 e. The number of anilines is 1. The van der Waals surface area contributed by atoms with Crippen LogP contribution in [0.4, 0.5) is 5.69 Å². The van der Waals surface area contributed by atoms with E-state index in [4.69, 9.17) is 5.73 Å². The fraction of sp³-hybridized carbons (Fsp3) is 0.429. The molecular formula is C14H20N2O2S. The summed E-state index contributed by atoms with van der Waals surface area (Å²) < 4.78 is 0. The number of rotatable bonds is 7. The summed E-state index contributed by atoms with van der Waals surface area (Å²) in [5.74, 6) is 1.61. The molecular weight excluding hydrogens is 260 g/mol. The van der Waals surface area contributed by atoms with Gasteiger partial charge in [0.2, 0.25) is 5.91 Å². The maximum atomic E-state index is 11.7. The average Bonchev–Trinajstić information content (AvgIpc) is 2.38. The van der Waals surface area contributed by atoms with Crippen LogP contribution < -0.4 is 11.1 Å². The number of nitrogens with two attached hydrogens (primary N) is 1. The predicted molar refractivity (Wildman–Crippen MR) is 80.6 cm³/mol. The summed E-state index contributed by atoms with van der Waals surface area (Å²) in [4.78, 5) is 23.0. The summed E-state index contributed by atoms with van der Waals surface area (Å²) in [5, 5.41) is 2.79. The van der Waals surface area contributed by atoms with Crippen LogP contribution in [0.1, 0.15) is 24.2 Å². The Kier molecular flexibility index (Phi) is 6.59. The number of amides is 1. The molecule has 1 aromatic carbocycles. The molecule has 1 rings (SSSR count). The van der Waals surface area contributed by atoms with E-state index in [1.807, 2.05) is 0 Å². The normalized spacial score (nSPS) is 11.9. The molecule has 4 nitrogen and oxygen atoms in total. The lowest BCUT2D eigenvalue weighted by atomic mass is 10.1. The van der Waals surface area contributed by atoms with Crippen molar-refractivity contribution in [1.29, 1.82) is 0 Å². The zero-order valence-electron chi connectivity index (χ0n) is 11.3. The van der Waals surface area contributed by atoms with Crippen molar-refractivity contribution in [2.24, 2.45) is 11.7 Å². The highest BCUT2D eigenvalue weighted by Crippen LogP contribution is 2.13. The summed E-state index contributed by atoms with van der Waals surface area (Å²) in [6.07, 6.45) is 0. The third kappa shape index (κ3) is 5.89. The number of Topliss-reactive ketones (excluding diaryl/α,β-unsaturated/α-hetero) is 1. The van der Waals surface area contributed by atoms with Crippen LogP contribution in [0, 0.1) is 5.92 Å². The van der Waals surface area contributed by atoms with Gasteiger partial charge in [-0.05, 0) is 37.3 Å². The molecule has 0 spiro atoms. The van der Waals surface area contributed by atoms with Gasteiger partial charge in [-0.1, -0.05) is 19.1 Å². The van der Waals surface area contributed by atoms with E-state index in [2.05, 4.69) is 12.2 Å². The molecule has 1 aromatic rings. The van der Waals surface area contributed by atoms with E-state index in [-0.39, 0.29) is 11.7 Å². The molecule has 0 aliphatic rings. The van der Waals surface area contributed by atoms with Crippen LogP contribution in [0.2, 0.25) is 0 Å². The Morgan fingerprint density at radius 3 is 2.79 bits per heavy atom. The molecule has 0 saturated carbocycles. The van der Waals surface area contributed by atoms with Gasteiger partial charge in [0.25, 0.3) is 0 Å². The van der Waals surface area contributed by atoms with Gasteiger partial charge in [-0.15, -0.1) is 0 Å². The first-order chi connectivity index (χ1) is 9.02. The zero-order valence-corrected chi connectivity index (χ0v) is 12.1. The maximum absolute atomic E-state index is 11.7. The highest BCUT2D eigenvalue weighted by Gasteiger charge is 2.06. The number of hydrogen-bond donors (Lipinski definition) is 2. The third-order valence-electron chi connectivity index (χ3n) is 2.59. The Balaban J connectivity index is 2.44. The molecule has 1 unspecified atom stereocenters. The van der Waals surface area contributed by atoms with Crippen LogP contribution >= 0.6 is 11.8 Å². The molecule has 3 N–H and O–H groups in total. The molecule has 0 saturated heterocycles. The van der Waals surface area contributed by atoms with Crippen molar-refractivity contribution in [3.8, 4) is 0 Å². The highest BCUT2D eigenvalue weighted by molar-refractivity contribution is 7.99. The van der Waals surface area contributed by atoms with Gasteiger partial charge in [-0.2, -0.15) is 11.8 Å². The summed E-state index contributed by atoms with van der Waals surface area (Å²) >= 11 is 1.56. The van der Waals surface area contributed by atoms with Crippen LogP contribution in [-0.4, -0.2) is 29.7 Å². The second-order valence-electron chi connectivity index (χ2n) is 4.54. The van der Waals surface area contributed by atoms with E-state index in [1.54, 1.807) is 36.0 Å². The summed E-state index contributed by atoms with van der Waals surface area (Å²) in [5.41, 5.74) is 6.77. The van der Waals surface area contributed by atoms with Crippen LogP contribution in [0.25, 0.3) is 0 Å². The average molecular weight is 280 g/mol. The SMILES string of the molecule is CC(=O)c1cccc(NC(=O)CSCC(C)CN)c1. The Labute approximate surface area is 118 Å². The summed E-state index contributed by atoms with van der Waals surface area (Å²) in [6, 6.07) is 6.95. The molecule has 1 atom stereocenters. The van der Waals surface area contributed by atoms with Gasteiger partial charge in [0.15, 0.2) is 5.78 Å². The molecule has 0 radical (unpaired) electrons. The standard InChI is InChI=1S/C14H20N2O2S/c1-10(7-15)8-19-9-14(18)16-13-5-3-4-12(6-13)11(2)17/h3-6,10H,7-9,15H2,1-2H3,(H,16,18). The van der Waals surface area contributed by atoms with E-state index >= 15 is 0 Å². The number of benzene rings is 1. The maximum Gasteiger partial charge on any atom is 0.234 e. The second kappa shape index (κ2) is 7.96. The lowest BCUT2D eigenvalue weighted by Gasteiger charge is -2.08. The van der Waals surface area contributed by atoms with Crippen molar-refractivity contribution >= 4 is 29.1 Å². The Bertz CT molecular complexity index is 449. The van der Waals surface area contributed by atoms with Gasteiger partial charge < -0.3 is 11.1 Å². The minimum atomic E-state index is -0.0603. The molecule has 5 heteroatoms. The number of ketones is 1. The van der Waals surface area contributed by atoms with Gasteiger partial charge in [-0.25, -0.2) is 0 Å². The second-order valence-corrected chi connectivity index (χ2v) is 5.57. The van der Waals surface area contributed by atoms with E-state index in [1.165, 1.54) is 6.92 Å². The molecule has 0 aromatic heterocycles. The van der Waals surface area contributed by atoms with Crippen LogP contribution in [0.3, 0.4) is 0 Å². The van der Waals surface area contributed by atoms with Gasteiger partial charge in [0.1, 0.15) is 0 Å². The lowest BCUT2D eigenvalue weighted by Crippen LogP contribution is -2.17. The fourth-order valence-electron chi connectivity index (χ4n) is 1.43. The van der Waals surface area contributed by atoms with Crippen molar-refractivity contribution in [3.05, 3.63) is 29.8 Å². The van der Waals surface area contributed by atoms with Gasteiger partial charge in [0.05, 0.1) is 5.75 Å². The minimum Gasteiger partial charge on any atom is -0.330 e. The van der Waals surface area contributed by atoms with Gasteiger partial charge >= 0.3 is 0 Å². The molecule has 104 valence electrons. The van der Waals surface area contributed by atoms with E-state index in [0.29, 0.717) is 29.5 Å². The van der Waals surface area contributed by atoms with E-state index in [9.17, 15) is 9.59 Å². The third-order valence-corrected chi connectivity index (χ3v) is 3.86. The topological polar surface area (TPSA) is 72.2 Å². The number of carbonyl (C=O) groups excluding carboxylic acids is 2. The van der Waals surface area contributed by atoms with Gasteiger partial charge in [0, 0.05) is 11.3 Å². The fourth-order valence-corrected chi connectivity index (χ4v) is 2.35. The number of carbonyl (C=O) groups is 2. The van der Waals surface area contributed by atoms with Crippen molar-refractivity contribution in [2.75, 3.05) is 23.4 Å². The van der Waals surface area contributed by atoms with Crippen molar-refractivity contribution < 1.29 is 9.59 Å². The highest BCUT2D eigenvalue weighted by atomic mass is 32.2. The Morgan fingerprint density at radius 1 is 1.42 bits per heavy atom. The first-order valence-electron chi connectivity index (χ1n) is 6.21. The summed E-state index contributed by atoms with van der Waals surface area (Å²) in [7, 11) is 0. The quantitative estimate of drug-likeness (QED) is 0.751. The monoisotopic (exact) mass is 280 g/mol. The van der Waals surface area contributed by atoms with Crippen LogP contribution in [0.15, 0.2) is 24.3 Å². The van der Waals surface area contributed by atoms with Crippen LogP contribution in [0.5, 0.6) is 0 Å². The minimum absolute atomic E-state index is 0.0118. The number of nitrogens with one attached hydrogen (secondary N) is 1. The predicted octanol–water partition coefficient (Wildman–Crippen LogP) is 2.16. The Hall–Kier alpha value is -1.33. The number of hydrogen-bond acceptors (Lipinski definition) is 4. The van der Waals surface area contributed by atoms with E-state index < -0.39 is 0 Å². The van der Waals surface area contributed by atoms with Crippen molar-refractivity contribution in [1.82, 2.24) is 0 Å². The van der Waals surface area contributed by atoms with Crippen molar-refractivity contribution in [3.63, 3.8) is 0 Å². The smallest absolute Gasteiger partial charge is 0.234 e. The first kappa shape index (κ1) is 15.7. The Morgan fingerprint density at radius 2 is 2.16 bits per heavy atom. The molecule has 1 amide bonds. The first-order valence-corrected chi connectivity index (χ1v) is 7.37. The molecule has 0 bridgehead atoms. The molecule has 19 heavy (non-hydrogen) atoms. The zero-order chi connectivity index (χ0) is 14.3. The van der Waals surface area contributed by atoms with E-state index in [0.717, 1.165) is 5.75 Å². The molecule has 0 aliphatic heterocycles. The summed E-state index contributed by atoms with van der Waals surface area (Å²) in [6.45, 7) is 4.20. The lowest BCUT2D eigenvalue weighted by molar-refractivity contribution is -0.113. The van der Waals surface area contributed by atoms with Gasteiger partial charge in [-0.3, -0.25) is 9.59 Å². The molecule has 0 heterocycles. The van der Waals surface area contributed by atoms with Crippen molar-refractivity contribution in [2.45, 2.75) is 13.8 Å².